The smallest absolute Gasteiger partial charge is 0.207 e. The maximum atomic E-state index is 2.38. The highest BCUT2D eigenvalue weighted by molar-refractivity contribution is 4.51. The van der Waals surface area contributed by atoms with Crippen LogP contribution in [-0.2, 0) is 0 Å². The van der Waals surface area contributed by atoms with Crippen molar-refractivity contribution in [2.45, 2.75) is 119 Å². The van der Waals surface area contributed by atoms with Gasteiger partial charge in [0.1, 0.15) is 0 Å². The van der Waals surface area contributed by atoms with Crippen LogP contribution < -0.4 is 0 Å². The second kappa shape index (κ2) is 16.8. The van der Waals surface area contributed by atoms with Crippen LogP contribution in [0.2, 0.25) is 0 Å². The zero-order valence-electron chi connectivity index (χ0n) is 20.3. The van der Waals surface area contributed by atoms with Crippen LogP contribution in [0.4, 0.5) is 0 Å². The number of hydrogen-bond donors (Lipinski definition) is 0. The van der Waals surface area contributed by atoms with E-state index < -0.39 is 0 Å². The average Bonchev–Trinajstić information content (AvgIpc) is 2.70. The lowest BCUT2D eigenvalue weighted by Crippen LogP contribution is -2.64. The number of rotatable bonds is 20. The molecule has 0 fully saturated rings. The molecule has 2 nitrogen and oxygen atoms in total. The summed E-state index contributed by atoms with van der Waals surface area (Å²) in [4.78, 5) is 0. The van der Waals surface area contributed by atoms with E-state index in [1.807, 2.05) is 0 Å². The molecule has 0 saturated heterocycles. The van der Waals surface area contributed by atoms with Gasteiger partial charge in [-0.2, -0.15) is 0 Å². The largest absolute Gasteiger partial charge is 0.277 e. The molecule has 0 aromatic carbocycles. The van der Waals surface area contributed by atoms with Gasteiger partial charge in [-0.15, -0.1) is 0 Å². The molecule has 0 aromatic rings. The van der Waals surface area contributed by atoms with Gasteiger partial charge in [0.05, 0.1) is 39.3 Å². The van der Waals surface area contributed by atoms with Crippen LogP contribution in [0.25, 0.3) is 0 Å². The Bertz CT molecular complexity index is 240. The van der Waals surface area contributed by atoms with E-state index in [0.717, 1.165) is 0 Å². The molecule has 0 bridgehead atoms. The average molecular weight is 385 g/mol. The Balaban J connectivity index is 5.66. The van der Waals surface area contributed by atoms with Crippen LogP contribution in [0.3, 0.4) is 0 Å². The van der Waals surface area contributed by atoms with Gasteiger partial charge < -0.3 is 0 Å². The van der Waals surface area contributed by atoms with E-state index in [-0.39, 0.29) is 0 Å². The summed E-state index contributed by atoms with van der Waals surface area (Å²) >= 11 is 0. The molecule has 0 heterocycles. The van der Waals surface area contributed by atoms with Crippen molar-refractivity contribution in [2.24, 2.45) is 0 Å². The van der Waals surface area contributed by atoms with Crippen molar-refractivity contribution in [3.63, 3.8) is 0 Å². The zero-order valence-corrected chi connectivity index (χ0v) is 20.3. The van der Waals surface area contributed by atoms with Crippen LogP contribution in [0.5, 0.6) is 0 Å². The minimum Gasteiger partial charge on any atom is -0.277 e. The summed E-state index contributed by atoms with van der Waals surface area (Å²) in [6.07, 6.45) is 16.5. The summed E-state index contributed by atoms with van der Waals surface area (Å²) in [6.45, 7) is 24.2. The molecule has 0 radical (unpaired) electrons. The molecule has 164 valence electrons. The van der Waals surface area contributed by atoms with Crippen LogP contribution in [-0.4, -0.2) is 54.9 Å². The first-order valence-electron chi connectivity index (χ1n) is 12.8. The summed E-state index contributed by atoms with van der Waals surface area (Å²) in [7, 11) is 0. The lowest BCUT2D eigenvalue weighted by Gasteiger charge is -2.48. The molecule has 0 aliphatic rings. The summed E-state index contributed by atoms with van der Waals surface area (Å²) in [5.74, 6) is 0. The van der Waals surface area contributed by atoms with Crippen molar-refractivity contribution in [3.05, 3.63) is 0 Å². The molecule has 2 heteroatoms. The van der Waals surface area contributed by atoms with Crippen LogP contribution in [0.15, 0.2) is 0 Å². The molecule has 0 aliphatic heterocycles. The molecule has 0 amide bonds. The Morgan fingerprint density at radius 1 is 0.333 bits per heavy atom. The molecule has 0 spiro atoms. The molecule has 0 aliphatic carbocycles. The lowest BCUT2D eigenvalue weighted by molar-refractivity contribution is -1.10. The predicted octanol–water partition coefficient (Wildman–Crippen LogP) is 7.38. The van der Waals surface area contributed by atoms with E-state index in [1.54, 1.807) is 0 Å². The van der Waals surface area contributed by atoms with Gasteiger partial charge >= 0.3 is 0 Å². The second-order valence-electron chi connectivity index (χ2n) is 9.29. The van der Waals surface area contributed by atoms with Gasteiger partial charge in [-0.05, 0) is 38.5 Å². The van der Waals surface area contributed by atoms with Crippen LogP contribution in [0, 0.1) is 0 Å². The van der Waals surface area contributed by atoms with Gasteiger partial charge in [0, 0.05) is 0 Å². The number of hydrogen-bond acceptors (Lipinski definition) is 0. The molecule has 0 unspecified atom stereocenters. The van der Waals surface area contributed by atoms with Crippen molar-refractivity contribution in [3.8, 4) is 0 Å². The van der Waals surface area contributed by atoms with Crippen LogP contribution in [0.1, 0.15) is 119 Å². The van der Waals surface area contributed by atoms with E-state index in [2.05, 4.69) is 41.5 Å². The third-order valence-corrected chi connectivity index (χ3v) is 6.52. The topological polar surface area (TPSA) is 0 Å². The number of unbranched alkanes of at least 4 members (excludes halogenated alkanes) is 6. The minimum atomic E-state index is 1.34. The first kappa shape index (κ1) is 26.9. The molecule has 0 N–H and O–H groups in total. The first-order valence-corrected chi connectivity index (χ1v) is 12.8. The van der Waals surface area contributed by atoms with Crippen molar-refractivity contribution < 1.29 is 8.97 Å². The summed E-state index contributed by atoms with van der Waals surface area (Å²) < 4.78 is 2.82. The molecule has 0 rings (SSSR count). The molecular weight excluding hydrogens is 328 g/mol. The van der Waals surface area contributed by atoms with Crippen molar-refractivity contribution >= 4 is 0 Å². The number of nitrogens with zero attached hydrogens (tertiary/aromatic N) is 2. The van der Waals surface area contributed by atoms with E-state index in [0.29, 0.717) is 0 Å². The molecule has 0 atom stereocenters. The summed E-state index contributed by atoms with van der Waals surface area (Å²) in [5, 5.41) is 0. The highest BCUT2D eigenvalue weighted by atomic mass is 15.5. The van der Waals surface area contributed by atoms with E-state index in [9.17, 15) is 0 Å². The fourth-order valence-corrected chi connectivity index (χ4v) is 4.69. The normalized spacial score (nSPS) is 12.7. The van der Waals surface area contributed by atoms with Crippen molar-refractivity contribution in [1.29, 1.82) is 0 Å². The third-order valence-electron chi connectivity index (χ3n) is 6.52. The van der Waals surface area contributed by atoms with Crippen LogP contribution >= 0.6 is 0 Å². The SMILES string of the molecule is CCCC[N+](CCCC)(CCCC)C[N+](CCCC)(CCCC)CCCC. The monoisotopic (exact) mass is 384 g/mol. The maximum Gasteiger partial charge on any atom is 0.207 e. The van der Waals surface area contributed by atoms with Gasteiger partial charge in [-0.1, -0.05) is 80.1 Å². The Kier molecular flexibility index (Phi) is 16.8. The molecular formula is C25H56N2+2. The van der Waals surface area contributed by atoms with Gasteiger partial charge in [0.2, 0.25) is 6.67 Å². The highest BCUT2D eigenvalue weighted by Crippen LogP contribution is 2.24. The Hall–Kier alpha value is -0.0800. The molecule has 27 heavy (non-hydrogen) atoms. The zero-order chi connectivity index (χ0) is 20.4. The fourth-order valence-electron chi connectivity index (χ4n) is 4.69. The van der Waals surface area contributed by atoms with Crippen molar-refractivity contribution in [2.75, 3.05) is 45.9 Å². The quantitative estimate of drug-likeness (QED) is 0.152. The van der Waals surface area contributed by atoms with E-state index in [4.69, 9.17) is 0 Å². The van der Waals surface area contributed by atoms with E-state index in [1.165, 1.54) is 132 Å². The fraction of sp³-hybridized carbons (Fsp3) is 1.00. The maximum absolute atomic E-state index is 2.38. The van der Waals surface area contributed by atoms with Crippen molar-refractivity contribution in [1.82, 2.24) is 0 Å². The Morgan fingerprint density at radius 3 is 0.667 bits per heavy atom. The predicted molar refractivity (Wildman–Crippen MR) is 124 cm³/mol. The molecule has 0 aromatic heterocycles. The second-order valence-corrected chi connectivity index (χ2v) is 9.29. The molecule has 0 saturated carbocycles. The Morgan fingerprint density at radius 2 is 0.519 bits per heavy atom. The van der Waals surface area contributed by atoms with Gasteiger partial charge in [-0.3, -0.25) is 8.97 Å². The number of quaternary nitrogens is 2. The van der Waals surface area contributed by atoms with Gasteiger partial charge in [0.25, 0.3) is 0 Å². The lowest BCUT2D eigenvalue weighted by atomic mass is 10.1. The standard InChI is InChI=1S/C25H56N2/c1-7-13-19-26(20-14-8-2,21-15-9-3)25-27(22-16-10-4,23-17-11-5)24-18-12-6/h7-25H2,1-6H3/q+2. The summed E-state index contributed by atoms with van der Waals surface area (Å²) in [5.41, 5.74) is 0. The summed E-state index contributed by atoms with van der Waals surface area (Å²) in [6, 6.07) is 0. The first-order chi connectivity index (χ1) is 13.1. The Labute approximate surface area is 173 Å². The van der Waals surface area contributed by atoms with Gasteiger partial charge in [0.15, 0.2) is 0 Å². The van der Waals surface area contributed by atoms with E-state index >= 15 is 0 Å². The van der Waals surface area contributed by atoms with Gasteiger partial charge in [-0.25, -0.2) is 0 Å². The minimum absolute atomic E-state index is 1.34. The third kappa shape index (κ3) is 11.5. The highest BCUT2D eigenvalue weighted by Gasteiger charge is 2.38.